The van der Waals surface area contributed by atoms with E-state index in [2.05, 4.69) is 4.90 Å². The van der Waals surface area contributed by atoms with E-state index < -0.39 is 0 Å². The van der Waals surface area contributed by atoms with Crippen molar-refractivity contribution in [2.45, 2.75) is 6.92 Å². The molecule has 0 radical (unpaired) electrons. The lowest BCUT2D eigenvalue weighted by Crippen LogP contribution is -2.33. The Labute approximate surface area is 131 Å². The Hall–Kier alpha value is -1.37. The van der Waals surface area contributed by atoms with Crippen LogP contribution < -0.4 is 0 Å². The molecule has 124 valence electrons. The molecule has 1 saturated heterocycles. The van der Waals surface area contributed by atoms with Gasteiger partial charge in [-0.15, -0.1) is 0 Å². The molecule has 2 rings (SSSR count). The standard InChI is InChI=1S/C16H26N2O4/c1-12-15(4-6-22-12)16(20)18-9-13(14(10-18)11-19)8-17(2)5-7-21-3/h4,6,13-14,19H,5,7-11H2,1-3H3. The van der Waals surface area contributed by atoms with Gasteiger partial charge in [-0.3, -0.25) is 4.79 Å². The molecular weight excluding hydrogens is 284 g/mol. The highest BCUT2D eigenvalue weighted by Gasteiger charge is 2.36. The second-order valence-corrected chi connectivity index (χ2v) is 6.06. The van der Waals surface area contributed by atoms with Crippen molar-refractivity contribution >= 4 is 5.91 Å². The maximum atomic E-state index is 12.5. The van der Waals surface area contributed by atoms with Gasteiger partial charge in [-0.1, -0.05) is 0 Å². The Morgan fingerprint density at radius 1 is 1.50 bits per heavy atom. The minimum absolute atomic E-state index is 0.00764. The van der Waals surface area contributed by atoms with E-state index in [4.69, 9.17) is 9.15 Å². The van der Waals surface area contributed by atoms with Crippen molar-refractivity contribution in [3.63, 3.8) is 0 Å². The van der Waals surface area contributed by atoms with Gasteiger partial charge in [0.25, 0.3) is 5.91 Å². The number of aryl methyl sites for hydroxylation is 1. The lowest BCUT2D eigenvalue weighted by Gasteiger charge is -2.23. The summed E-state index contributed by atoms with van der Waals surface area (Å²) in [6.07, 6.45) is 1.54. The first-order chi connectivity index (χ1) is 10.6. The van der Waals surface area contributed by atoms with Gasteiger partial charge in [0.05, 0.1) is 18.4 Å². The fourth-order valence-electron chi connectivity index (χ4n) is 3.03. The smallest absolute Gasteiger partial charge is 0.257 e. The number of rotatable bonds is 7. The molecule has 6 heteroatoms. The van der Waals surface area contributed by atoms with Gasteiger partial charge in [-0.05, 0) is 26.0 Å². The highest BCUT2D eigenvalue weighted by Crippen LogP contribution is 2.26. The van der Waals surface area contributed by atoms with Crippen molar-refractivity contribution < 1.29 is 19.1 Å². The second-order valence-electron chi connectivity index (χ2n) is 6.06. The minimum atomic E-state index is -0.00764. The molecule has 0 aromatic carbocycles. The highest BCUT2D eigenvalue weighted by atomic mass is 16.5. The first-order valence-electron chi connectivity index (χ1n) is 7.68. The maximum absolute atomic E-state index is 12.5. The molecule has 2 unspecified atom stereocenters. The summed E-state index contributed by atoms with van der Waals surface area (Å²) in [5.74, 6) is 1.04. The molecule has 0 spiro atoms. The van der Waals surface area contributed by atoms with Crippen molar-refractivity contribution in [3.05, 3.63) is 23.7 Å². The summed E-state index contributed by atoms with van der Waals surface area (Å²) >= 11 is 0. The fourth-order valence-corrected chi connectivity index (χ4v) is 3.03. The fraction of sp³-hybridized carbons (Fsp3) is 0.688. The number of aliphatic hydroxyl groups excluding tert-OH is 1. The molecule has 0 saturated carbocycles. The van der Waals surface area contributed by atoms with Crippen molar-refractivity contribution in [2.24, 2.45) is 11.8 Å². The van der Waals surface area contributed by atoms with E-state index >= 15 is 0 Å². The van der Waals surface area contributed by atoms with Gasteiger partial charge in [0.1, 0.15) is 5.76 Å². The van der Waals surface area contributed by atoms with Crippen LogP contribution in [0.4, 0.5) is 0 Å². The van der Waals surface area contributed by atoms with Crippen molar-refractivity contribution in [1.82, 2.24) is 9.80 Å². The van der Waals surface area contributed by atoms with E-state index in [9.17, 15) is 9.90 Å². The lowest BCUT2D eigenvalue weighted by molar-refractivity contribution is 0.0777. The Bertz CT molecular complexity index is 488. The Kier molecular flexibility index (Phi) is 5.99. The van der Waals surface area contributed by atoms with E-state index in [-0.39, 0.29) is 24.3 Å². The summed E-state index contributed by atoms with van der Waals surface area (Å²) in [7, 11) is 3.73. The van der Waals surface area contributed by atoms with E-state index in [1.165, 1.54) is 6.26 Å². The summed E-state index contributed by atoms with van der Waals surface area (Å²) in [5.41, 5.74) is 0.616. The maximum Gasteiger partial charge on any atom is 0.257 e. The topological polar surface area (TPSA) is 66.2 Å². The molecular formula is C16H26N2O4. The number of ether oxygens (including phenoxy) is 1. The summed E-state index contributed by atoms with van der Waals surface area (Å²) in [6, 6.07) is 1.71. The van der Waals surface area contributed by atoms with Crippen LogP contribution in [-0.2, 0) is 4.74 Å². The number of hydrogen-bond acceptors (Lipinski definition) is 5. The molecule has 2 atom stereocenters. The Morgan fingerprint density at radius 2 is 2.23 bits per heavy atom. The van der Waals surface area contributed by atoms with Crippen molar-refractivity contribution in [3.8, 4) is 0 Å². The largest absolute Gasteiger partial charge is 0.469 e. The molecule has 1 aliphatic rings. The first kappa shape index (κ1) is 17.0. The minimum Gasteiger partial charge on any atom is -0.469 e. The zero-order valence-electron chi connectivity index (χ0n) is 13.6. The normalized spacial score (nSPS) is 21.8. The average Bonchev–Trinajstić information content (AvgIpc) is 3.10. The SMILES string of the molecule is COCCN(C)CC1CN(C(=O)c2ccoc2C)CC1CO. The van der Waals surface area contributed by atoms with E-state index in [0.29, 0.717) is 31.0 Å². The van der Waals surface area contributed by atoms with Crippen LogP contribution in [0, 0.1) is 18.8 Å². The number of methoxy groups -OCH3 is 1. The highest BCUT2D eigenvalue weighted by molar-refractivity contribution is 5.95. The molecule has 1 aliphatic heterocycles. The monoisotopic (exact) mass is 310 g/mol. The van der Waals surface area contributed by atoms with Gasteiger partial charge < -0.3 is 24.1 Å². The van der Waals surface area contributed by atoms with E-state index in [1.54, 1.807) is 20.1 Å². The van der Waals surface area contributed by atoms with Crippen molar-refractivity contribution in [2.75, 3.05) is 53.6 Å². The van der Waals surface area contributed by atoms with Crippen LogP contribution in [0.25, 0.3) is 0 Å². The predicted octanol–water partition coefficient (Wildman–Crippen LogP) is 0.847. The van der Waals surface area contributed by atoms with Gasteiger partial charge in [-0.2, -0.15) is 0 Å². The number of amides is 1. The van der Waals surface area contributed by atoms with Gasteiger partial charge in [0, 0.05) is 45.8 Å². The molecule has 2 heterocycles. The Balaban J connectivity index is 1.97. The number of carbonyl (C=O) groups is 1. The molecule has 1 aromatic heterocycles. The quantitative estimate of drug-likeness (QED) is 0.809. The number of hydrogen-bond donors (Lipinski definition) is 1. The molecule has 1 N–H and O–H groups in total. The average molecular weight is 310 g/mol. The molecule has 0 aliphatic carbocycles. The number of nitrogens with zero attached hydrogens (tertiary/aromatic N) is 2. The summed E-state index contributed by atoms with van der Waals surface area (Å²) < 4.78 is 10.3. The molecule has 0 bridgehead atoms. The summed E-state index contributed by atoms with van der Waals surface area (Å²) in [6.45, 7) is 5.56. The van der Waals surface area contributed by atoms with Crippen LogP contribution in [-0.4, -0.2) is 74.4 Å². The van der Waals surface area contributed by atoms with Crippen LogP contribution in [0.2, 0.25) is 0 Å². The van der Waals surface area contributed by atoms with Crippen LogP contribution in [0.3, 0.4) is 0 Å². The van der Waals surface area contributed by atoms with Gasteiger partial charge in [0.2, 0.25) is 0 Å². The van der Waals surface area contributed by atoms with Gasteiger partial charge >= 0.3 is 0 Å². The number of carbonyl (C=O) groups excluding carboxylic acids is 1. The van der Waals surface area contributed by atoms with E-state index in [0.717, 1.165) is 13.1 Å². The van der Waals surface area contributed by atoms with Crippen LogP contribution in [0.5, 0.6) is 0 Å². The number of aliphatic hydroxyl groups is 1. The predicted molar refractivity (Wildman–Crippen MR) is 82.8 cm³/mol. The third-order valence-corrected chi connectivity index (χ3v) is 4.41. The molecule has 1 aromatic rings. The second kappa shape index (κ2) is 7.76. The van der Waals surface area contributed by atoms with Crippen LogP contribution in [0.1, 0.15) is 16.1 Å². The first-order valence-corrected chi connectivity index (χ1v) is 7.68. The molecule has 6 nitrogen and oxygen atoms in total. The third kappa shape index (κ3) is 3.88. The summed E-state index contributed by atoms with van der Waals surface area (Å²) in [4.78, 5) is 16.6. The van der Waals surface area contributed by atoms with Crippen LogP contribution in [0.15, 0.2) is 16.7 Å². The van der Waals surface area contributed by atoms with Crippen molar-refractivity contribution in [1.29, 1.82) is 0 Å². The van der Waals surface area contributed by atoms with Crippen LogP contribution >= 0.6 is 0 Å². The molecule has 1 amide bonds. The number of likely N-dealkylation sites (tertiary alicyclic amines) is 1. The zero-order chi connectivity index (χ0) is 16.1. The molecule has 1 fully saturated rings. The number of likely N-dealkylation sites (N-methyl/N-ethyl adjacent to an activating group) is 1. The zero-order valence-corrected chi connectivity index (χ0v) is 13.6. The summed E-state index contributed by atoms with van der Waals surface area (Å²) in [5, 5.41) is 9.61. The third-order valence-electron chi connectivity index (χ3n) is 4.41. The van der Waals surface area contributed by atoms with E-state index in [1.807, 2.05) is 11.9 Å². The molecule has 22 heavy (non-hydrogen) atoms. The number of furan rings is 1. The van der Waals surface area contributed by atoms with Gasteiger partial charge in [0.15, 0.2) is 0 Å². The lowest BCUT2D eigenvalue weighted by atomic mass is 9.96. The Morgan fingerprint density at radius 3 is 2.82 bits per heavy atom. The van der Waals surface area contributed by atoms with Gasteiger partial charge in [-0.25, -0.2) is 0 Å².